The summed E-state index contributed by atoms with van der Waals surface area (Å²) < 4.78 is 5.52. The lowest BCUT2D eigenvalue weighted by molar-refractivity contribution is -0.0177. The molecule has 1 rings (SSSR count). The first kappa shape index (κ1) is 12.9. The third kappa shape index (κ3) is 3.74. The lowest BCUT2D eigenvalue weighted by atomic mass is 9.94. The van der Waals surface area contributed by atoms with Crippen molar-refractivity contribution in [3.63, 3.8) is 0 Å². The lowest BCUT2D eigenvalue weighted by Gasteiger charge is -2.39. The Labute approximate surface area is 94.0 Å². The molecule has 0 aliphatic carbocycles. The number of methoxy groups -OCH3 is 1. The minimum Gasteiger partial charge on any atom is -0.380 e. The molecule has 0 spiro atoms. The van der Waals surface area contributed by atoms with Crippen molar-refractivity contribution >= 4 is 0 Å². The maximum atomic E-state index is 5.54. The van der Waals surface area contributed by atoms with Crippen LogP contribution in [0.15, 0.2) is 0 Å². The summed E-state index contributed by atoms with van der Waals surface area (Å²) in [7, 11) is 1.83. The average molecular weight is 214 g/mol. The van der Waals surface area contributed by atoms with Crippen molar-refractivity contribution in [3.05, 3.63) is 0 Å². The van der Waals surface area contributed by atoms with E-state index >= 15 is 0 Å². The summed E-state index contributed by atoms with van der Waals surface area (Å²) in [6.45, 7) is 7.70. The summed E-state index contributed by atoms with van der Waals surface area (Å²) in [5, 5.41) is 0. The van der Waals surface area contributed by atoms with Gasteiger partial charge in [0.15, 0.2) is 0 Å². The van der Waals surface area contributed by atoms with Gasteiger partial charge in [-0.3, -0.25) is 4.90 Å². The molecule has 3 heteroatoms. The molecule has 0 aromatic carbocycles. The summed E-state index contributed by atoms with van der Waals surface area (Å²) in [5.41, 5.74) is 5.54. The van der Waals surface area contributed by atoms with Crippen LogP contribution < -0.4 is 5.73 Å². The summed E-state index contributed by atoms with van der Waals surface area (Å²) in [6.07, 6.45) is 4.01. The highest BCUT2D eigenvalue weighted by Crippen LogP contribution is 2.22. The van der Waals surface area contributed by atoms with Crippen LogP contribution >= 0.6 is 0 Å². The van der Waals surface area contributed by atoms with Crippen molar-refractivity contribution in [2.45, 2.75) is 45.3 Å². The van der Waals surface area contributed by atoms with E-state index in [1.807, 2.05) is 7.11 Å². The zero-order valence-corrected chi connectivity index (χ0v) is 10.4. The van der Waals surface area contributed by atoms with Crippen molar-refractivity contribution in [3.8, 4) is 0 Å². The van der Waals surface area contributed by atoms with E-state index in [1.165, 1.54) is 19.4 Å². The van der Waals surface area contributed by atoms with E-state index in [2.05, 4.69) is 18.7 Å². The normalized spacial score (nSPS) is 30.4. The molecule has 1 saturated heterocycles. The van der Waals surface area contributed by atoms with Crippen LogP contribution in [0.1, 0.15) is 33.1 Å². The molecule has 1 heterocycles. The zero-order valence-electron chi connectivity index (χ0n) is 10.4. The van der Waals surface area contributed by atoms with E-state index < -0.39 is 0 Å². The first-order chi connectivity index (χ1) is 7.19. The van der Waals surface area contributed by atoms with Crippen LogP contribution in [0, 0.1) is 5.92 Å². The van der Waals surface area contributed by atoms with Gasteiger partial charge in [0.2, 0.25) is 0 Å². The van der Waals surface area contributed by atoms with E-state index in [4.69, 9.17) is 10.5 Å². The Morgan fingerprint density at radius 3 is 2.87 bits per heavy atom. The van der Waals surface area contributed by atoms with Gasteiger partial charge in [0.05, 0.1) is 6.10 Å². The highest BCUT2D eigenvalue weighted by Gasteiger charge is 2.28. The van der Waals surface area contributed by atoms with E-state index in [0.29, 0.717) is 18.1 Å². The first-order valence-electron chi connectivity index (χ1n) is 6.16. The molecule has 3 atom stereocenters. The van der Waals surface area contributed by atoms with Gasteiger partial charge in [-0.1, -0.05) is 6.92 Å². The van der Waals surface area contributed by atoms with Gasteiger partial charge < -0.3 is 10.5 Å². The fraction of sp³-hybridized carbons (Fsp3) is 1.00. The topological polar surface area (TPSA) is 38.5 Å². The summed E-state index contributed by atoms with van der Waals surface area (Å²) in [5.74, 6) is 0.702. The number of piperidine rings is 1. The highest BCUT2D eigenvalue weighted by molar-refractivity contribution is 4.81. The van der Waals surface area contributed by atoms with Gasteiger partial charge in [0, 0.05) is 19.7 Å². The Morgan fingerprint density at radius 1 is 1.53 bits per heavy atom. The molecule has 2 N–H and O–H groups in total. The van der Waals surface area contributed by atoms with Gasteiger partial charge in [0.1, 0.15) is 0 Å². The van der Waals surface area contributed by atoms with Gasteiger partial charge in [-0.2, -0.15) is 0 Å². The van der Waals surface area contributed by atoms with Crippen LogP contribution in [0.5, 0.6) is 0 Å². The molecule has 1 aliphatic rings. The van der Waals surface area contributed by atoms with Crippen LogP contribution in [-0.4, -0.2) is 43.8 Å². The highest BCUT2D eigenvalue weighted by atomic mass is 16.5. The Bertz CT molecular complexity index is 175. The fourth-order valence-corrected chi connectivity index (χ4v) is 2.36. The molecular weight excluding hydrogens is 188 g/mol. The smallest absolute Gasteiger partial charge is 0.0724 e. The Balaban J connectivity index is 2.36. The van der Waals surface area contributed by atoms with Gasteiger partial charge >= 0.3 is 0 Å². The number of ether oxygens (including phenoxy) is 1. The molecule has 15 heavy (non-hydrogen) atoms. The van der Waals surface area contributed by atoms with Gasteiger partial charge in [-0.05, 0) is 45.2 Å². The van der Waals surface area contributed by atoms with Gasteiger partial charge in [-0.25, -0.2) is 0 Å². The Morgan fingerprint density at radius 2 is 2.27 bits per heavy atom. The number of rotatable bonds is 5. The lowest BCUT2D eigenvalue weighted by Crippen LogP contribution is -2.47. The molecule has 3 nitrogen and oxygen atoms in total. The Hall–Kier alpha value is -0.120. The zero-order chi connectivity index (χ0) is 11.3. The quantitative estimate of drug-likeness (QED) is 0.753. The number of nitrogens with two attached hydrogens (primary N) is 1. The predicted molar refractivity (Wildman–Crippen MR) is 63.9 cm³/mol. The minimum atomic E-state index is 0.416. The monoisotopic (exact) mass is 214 g/mol. The summed E-state index contributed by atoms with van der Waals surface area (Å²) in [4.78, 5) is 2.55. The minimum absolute atomic E-state index is 0.416. The molecule has 0 saturated carbocycles. The second-order valence-corrected chi connectivity index (χ2v) is 4.81. The van der Waals surface area contributed by atoms with Crippen molar-refractivity contribution in [1.29, 1.82) is 0 Å². The Kier molecular flexibility index (Phi) is 5.58. The number of hydrogen-bond donors (Lipinski definition) is 1. The van der Waals surface area contributed by atoms with E-state index in [1.54, 1.807) is 0 Å². The van der Waals surface area contributed by atoms with Crippen molar-refractivity contribution in [2.24, 2.45) is 11.7 Å². The van der Waals surface area contributed by atoms with Crippen molar-refractivity contribution < 1.29 is 4.74 Å². The average Bonchev–Trinajstić information content (AvgIpc) is 2.26. The third-order valence-electron chi connectivity index (χ3n) is 3.67. The van der Waals surface area contributed by atoms with Crippen LogP contribution in [0.4, 0.5) is 0 Å². The van der Waals surface area contributed by atoms with E-state index in [0.717, 1.165) is 19.5 Å². The van der Waals surface area contributed by atoms with E-state index in [-0.39, 0.29) is 0 Å². The largest absolute Gasteiger partial charge is 0.380 e. The van der Waals surface area contributed by atoms with Crippen molar-refractivity contribution in [2.75, 3.05) is 26.7 Å². The first-order valence-corrected chi connectivity index (χ1v) is 6.16. The van der Waals surface area contributed by atoms with Crippen LogP contribution in [-0.2, 0) is 4.74 Å². The molecule has 3 unspecified atom stereocenters. The maximum absolute atomic E-state index is 5.54. The molecule has 90 valence electrons. The maximum Gasteiger partial charge on any atom is 0.0724 e. The van der Waals surface area contributed by atoms with Crippen LogP contribution in [0.25, 0.3) is 0 Å². The van der Waals surface area contributed by atoms with Crippen molar-refractivity contribution in [1.82, 2.24) is 4.90 Å². The molecule has 0 aromatic rings. The SMILES string of the molecule is COC1CN(C(C)CCCN)CCC1C. The molecule has 0 bridgehead atoms. The fourth-order valence-electron chi connectivity index (χ4n) is 2.36. The number of hydrogen-bond acceptors (Lipinski definition) is 3. The molecule has 0 amide bonds. The van der Waals surface area contributed by atoms with Gasteiger partial charge in [0.25, 0.3) is 0 Å². The summed E-state index contributed by atoms with van der Waals surface area (Å²) in [6, 6.07) is 0.652. The summed E-state index contributed by atoms with van der Waals surface area (Å²) >= 11 is 0. The standard InChI is InChI=1S/C12H26N2O/c1-10-6-8-14(9-12(10)15-3)11(2)5-4-7-13/h10-12H,4-9,13H2,1-3H3. The van der Waals surface area contributed by atoms with Gasteiger partial charge in [-0.15, -0.1) is 0 Å². The molecule has 0 radical (unpaired) electrons. The number of likely N-dealkylation sites (tertiary alicyclic amines) is 1. The second-order valence-electron chi connectivity index (χ2n) is 4.81. The van der Waals surface area contributed by atoms with E-state index in [9.17, 15) is 0 Å². The van der Waals surface area contributed by atoms with Crippen LogP contribution in [0.3, 0.4) is 0 Å². The third-order valence-corrected chi connectivity index (χ3v) is 3.67. The number of nitrogens with zero attached hydrogens (tertiary/aromatic N) is 1. The van der Waals surface area contributed by atoms with Crippen LogP contribution in [0.2, 0.25) is 0 Å². The molecule has 1 fully saturated rings. The molecule has 0 aromatic heterocycles. The second kappa shape index (κ2) is 6.46. The molecular formula is C12H26N2O. The molecule has 1 aliphatic heterocycles. The predicted octanol–water partition coefficient (Wildman–Crippen LogP) is 1.47.